The van der Waals surface area contributed by atoms with Crippen LogP contribution in [0.4, 0.5) is 5.95 Å². The summed E-state index contributed by atoms with van der Waals surface area (Å²) < 4.78 is 0. The second kappa shape index (κ2) is 5.75. The van der Waals surface area contributed by atoms with Gasteiger partial charge in [0.1, 0.15) is 18.7 Å². The molecule has 1 aliphatic heterocycles. The lowest BCUT2D eigenvalue weighted by molar-refractivity contribution is -0.132. The average Bonchev–Trinajstić information content (AvgIpc) is 2.90. The summed E-state index contributed by atoms with van der Waals surface area (Å²) >= 11 is 0. The van der Waals surface area contributed by atoms with E-state index < -0.39 is 0 Å². The summed E-state index contributed by atoms with van der Waals surface area (Å²) in [4.78, 5) is 28.3. The van der Waals surface area contributed by atoms with Crippen molar-refractivity contribution in [2.45, 2.75) is 32.7 Å². The van der Waals surface area contributed by atoms with Crippen LogP contribution in [0.3, 0.4) is 0 Å². The van der Waals surface area contributed by atoms with Gasteiger partial charge in [-0.3, -0.25) is 4.79 Å². The van der Waals surface area contributed by atoms with Gasteiger partial charge in [-0.2, -0.15) is 0 Å². The summed E-state index contributed by atoms with van der Waals surface area (Å²) in [5.41, 5.74) is 0. The first-order valence-electron chi connectivity index (χ1n) is 6.45. The van der Waals surface area contributed by atoms with Gasteiger partial charge in [-0.05, 0) is 26.7 Å². The molecule has 18 heavy (non-hydrogen) atoms. The minimum atomic E-state index is -0.118. The number of nitrogens with zero attached hydrogens (tertiary/aromatic N) is 5. The first kappa shape index (κ1) is 12.7. The molecule has 0 aromatic carbocycles. The Morgan fingerprint density at radius 2 is 2.06 bits per heavy atom. The van der Waals surface area contributed by atoms with E-state index in [1.54, 1.807) is 0 Å². The van der Waals surface area contributed by atoms with Crippen LogP contribution in [0.15, 0.2) is 12.7 Å². The summed E-state index contributed by atoms with van der Waals surface area (Å²) in [6, 6.07) is -0.118. The molecule has 2 heterocycles. The van der Waals surface area contributed by atoms with Crippen LogP contribution < -0.4 is 4.90 Å². The van der Waals surface area contributed by atoms with Crippen molar-refractivity contribution < 1.29 is 4.79 Å². The molecular formula is C12H19N5O. The van der Waals surface area contributed by atoms with E-state index >= 15 is 0 Å². The lowest BCUT2D eigenvalue weighted by atomic mass is 10.2. The predicted molar refractivity (Wildman–Crippen MR) is 68.1 cm³/mol. The van der Waals surface area contributed by atoms with Gasteiger partial charge in [0.25, 0.3) is 0 Å². The first-order valence-corrected chi connectivity index (χ1v) is 6.45. The smallest absolute Gasteiger partial charge is 0.245 e. The van der Waals surface area contributed by atoms with E-state index in [-0.39, 0.29) is 11.9 Å². The van der Waals surface area contributed by atoms with Crippen LogP contribution in [-0.4, -0.2) is 51.4 Å². The number of likely N-dealkylation sites (N-methyl/N-ethyl adjacent to an activating group) is 1. The zero-order valence-corrected chi connectivity index (χ0v) is 10.9. The van der Waals surface area contributed by atoms with Gasteiger partial charge in [-0.1, -0.05) is 0 Å². The van der Waals surface area contributed by atoms with Crippen molar-refractivity contribution in [1.82, 2.24) is 19.9 Å². The van der Waals surface area contributed by atoms with Crippen LogP contribution in [0.1, 0.15) is 26.7 Å². The van der Waals surface area contributed by atoms with E-state index in [9.17, 15) is 4.79 Å². The highest BCUT2D eigenvalue weighted by atomic mass is 16.2. The number of amides is 1. The Bertz CT molecular complexity index is 393. The maximum absolute atomic E-state index is 12.4. The zero-order chi connectivity index (χ0) is 13.0. The van der Waals surface area contributed by atoms with Crippen molar-refractivity contribution in [3.05, 3.63) is 12.7 Å². The molecule has 6 nitrogen and oxygen atoms in total. The number of anilines is 1. The fraction of sp³-hybridized carbons (Fsp3) is 0.667. The van der Waals surface area contributed by atoms with Crippen LogP contribution in [-0.2, 0) is 4.79 Å². The number of aromatic nitrogens is 3. The number of carbonyl (C=O) groups is 1. The van der Waals surface area contributed by atoms with E-state index in [1.807, 2.05) is 23.6 Å². The lowest BCUT2D eigenvalue weighted by Gasteiger charge is -2.28. The summed E-state index contributed by atoms with van der Waals surface area (Å²) in [5, 5.41) is 0. The second-order valence-corrected chi connectivity index (χ2v) is 4.30. The Hall–Kier alpha value is -1.72. The van der Waals surface area contributed by atoms with Crippen LogP contribution >= 0.6 is 0 Å². The van der Waals surface area contributed by atoms with Gasteiger partial charge in [0.05, 0.1) is 0 Å². The molecule has 0 aliphatic carbocycles. The minimum absolute atomic E-state index is 0.118. The minimum Gasteiger partial charge on any atom is -0.341 e. The third-order valence-electron chi connectivity index (χ3n) is 3.35. The molecule has 1 aromatic rings. The van der Waals surface area contributed by atoms with Crippen molar-refractivity contribution in [1.29, 1.82) is 0 Å². The fourth-order valence-electron chi connectivity index (χ4n) is 2.39. The molecule has 98 valence electrons. The fourth-order valence-corrected chi connectivity index (χ4v) is 2.39. The Kier molecular flexibility index (Phi) is 4.07. The van der Waals surface area contributed by atoms with Crippen molar-refractivity contribution in [2.75, 3.05) is 24.5 Å². The normalized spacial score (nSPS) is 19.0. The summed E-state index contributed by atoms with van der Waals surface area (Å²) in [7, 11) is 0. The van der Waals surface area contributed by atoms with Gasteiger partial charge >= 0.3 is 0 Å². The lowest BCUT2D eigenvalue weighted by Crippen LogP contribution is -2.46. The number of carbonyl (C=O) groups excluding carboxylic acids is 1. The molecule has 1 aromatic heterocycles. The molecule has 1 aliphatic rings. The van der Waals surface area contributed by atoms with Crippen LogP contribution in [0.5, 0.6) is 0 Å². The van der Waals surface area contributed by atoms with Gasteiger partial charge in [0, 0.05) is 19.6 Å². The molecule has 6 heteroatoms. The summed E-state index contributed by atoms with van der Waals surface area (Å²) in [6.45, 7) is 6.34. The summed E-state index contributed by atoms with van der Waals surface area (Å²) in [6.07, 6.45) is 4.82. The monoisotopic (exact) mass is 249 g/mol. The SMILES string of the molecule is CCN(CC)C(=O)C1CCCN1c1ncncn1. The Morgan fingerprint density at radius 3 is 2.67 bits per heavy atom. The van der Waals surface area contributed by atoms with Gasteiger partial charge in [0.15, 0.2) is 0 Å². The molecule has 0 radical (unpaired) electrons. The van der Waals surface area contributed by atoms with Crippen molar-refractivity contribution in [3.8, 4) is 0 Å². The second-order valence-electron chi connectivity index (χ2n) is 4.30. The van der Waals surface area contributed by atoms with Gasteiger partial charge in [-0.25, -0.2) is 15.0 Å². The highest BCUT2D eigenvalue weighted by molar-refractivity contribution is 5.85. The molecule has 0 bridgehead atoms. The van der Waals surface area contributed by atoms with Crippen LogP contribution in [0.2, 0.25) is 0 Å². The largest absolute Gasteiger partial charge is 0.341 e. The third kappa shape index (κ3) is 2.42. The standard InChI is InChI=1S/C12H19N5O/c1-3-16(4-2)11(18)10-6-5-7-17(10)12-14-8-13-9-15-12/h8-10H,3-7H2,1-2H3. The van der Waals surface area contributed by atoms with Gasteiger partial charge < -0.3 is 9.80 Å². The third-order valence-corrected chi connectivity index (χ3v) is 3.35. The molecule has 1 unspecified atom stereocenters. The quantitative estimate of drug-likeness (QED) is 0.786. The predicted octanol–water partition coefficient (Wildman–Crippen LogP) is 0.709. The molecule has 0 N–H and O–H groups in total. The maximum Gasteiger partial charge on any atom is 0.245 e. The summed E-state index contributed by atoms with van der Waals surface area (Å²) in [5.74, 6) is 0.783. The van der Waals surface area contributed by atoms with E-state index in [0.29, 0.717) is 5.95 Å². The van der Waals surface area contributed by atoms with E-state index in [0.717, 1.165) is 32.5 Å². The highest BCUT2D eigenvalue weighted by Gasteiger charge is 2.34. The Labute approximate surface area is 107 Å². The molecule has 1 amide bonds. The van der Waals surface area contributed by atoms with Crippen molar-refractivity contribution in [2.24, 2.45) is 0 Å². The molecule has 0 saturated carbocycles. The highest BCUT2D eigenvalue weighted by Crippen LogP contribution is 2.23. The number of hydrogen-bond acceptors (Lipinski definition) is 5. The Balaban J connectivity index is 2.15. The van der Waals surface area contributed by atoms with Gasteiger partial charge in [0.2, 0.25) is 11.9 Å². The number of hydrogen-bond donors (Lipinski definition) is 0. The van der Waals surface area contributed by atoms with E-state index in [2.05, 4.69) is 15.0 Å². The van der Waals surface area contributed by atoms with Crippen molar-refractivity contribution >= 4 is 11.9 Å². The molecule has 1 atom stereocenters. The van der Waals surface area contributed by atoms with E-state index in [4.69, 9.17) is 0 Å². The molecule has 0 spiro atoms. The average molecular weight is 249 g/mol. The van der Waals surface area contributed by atoms with Crippen LogP contribution in [0.25, 0.3) is 0 Å². The molecule has 2 rings (SSSR count). The van der Waals surface area contributed by atoms with E-state index in [1.165, 1.54) is 12.7 Å². The first-order chi connectivity index (χ1) is 8.77. The maximum atomic E-state index is 12.4. The number of rotatable bonds is 4. The molecule has 1 fully saturated rings. The van der Waals surface area contributed by atoms with Gasteiger partial charge in [-0.15, -0.1) is 0 Å². The van der Waals surface area contributed by atoms with Crippen LogP contribution in [0, 0.1) is 0 Å². The zero-order valence-electron chi connectivity index (χ0n) is 10.9. The molecule has 1 saturated heterocycles. The Morgan fingerprint density at radius 1 is 1.39 bits per heavy atom. The topological polar surface area (TPSA) is 62.2 Å². The van der Waals surface area contributed by atoms with Crippen molar-refractivity contribution in [3.63, 3.8) is 0 Å². The molecular weight excluding hydrogens is 230 g/mol.